The molecule has 3 aliphatic rings. The number of hydrogen-bond donors (Lipinski definition) is 4. The van der Waals surface area contributed by atoms with Gasteiger partial charge >= 0.3 is 5.97 Å². The zero-order valence-electron chi connectivity index (χ0n) is 20.5. The molecule has 3 heterocycles. The first-order valence-corrected chi connectivity index (χ1v) is 12.5. The number of carbonyl (C=O) groups is 4. The van der Waals surface area contributed by atoms with E-state index >= 15 is 0 Å². The van der Waals surface area contributed by atoms with Crippen molar-refractivity contribution in [3.8, 4) is 17.2 Å². The SMILES string of the molecule is CC(=O)Oc1ccc(N2C(=O)[C@@H]3C(Cc4ccc(O)c(O)c4)NC4(C(=O)Nc5ccc(Cl)cc54)[C@@H]3C2=O)cc1. The molecular weight excluding hydrogens is 526 g/mol. The number of fused-ring (bicyclic) bond motifs is 4. The number of carbonyl (C=O) groups excluding carboxylic acids is 4. The fraction of sp³-hybridized carbons (Fsp3) is 0.214. The molecule has 4 atom stereocenters. The van der Waals surface area contributed by atoms with Crippen LogP contribution in [0.1, 0.15) is 18.1 Å². The molecule has 11 heteroatoms. The van der Waals surface area contributed by atoms with Gasteiger partial charge in [0.2, 0.25) is 17.7 Å². The molecule has 0 aromatic heterocycles. The van der Waals surface area contributed by atoms with Crippen molar-refractivity contribution >= 4 is 46.7 Å². The summed E-state index contributed by atoms with van der Waals surface area (Å²) in [6, 6.07) is 14.5. The lowest BCUT2D eigenvalue weighted by Gasteiger charge is -2.29. The molecule has 198 valence electrons. The van der Waals surface area contributed by atoms with Crippen molar-refractivity contribution < 1.29 is 34.1 Å². The lowest BCUT2D eigenvalue weighted by Crippen LogP contribution is -2.53. The number of ether oxygens (including phenoxy) is 1. The molecule has 1 spiro atoms. The van der Waals surface area contributed by atoms with Gasteiger partial charge in [-0.3, -0.25) is 24.5 Å². The monoisotopic (exact) mass is 547 g/mol. The number of anilines is 2. The van der Waals surface area contributed by atoms with Crippen molar-refractivity contribution in [2.75, 3.05) is 10.2 Å². The Hall–Kier alpha value is -4.41. The Morgan fingerprint density at radius 2 is 1.74 bits per heavy atom. The minimum Gasteiger partial charge on any atom is -0.504 e. The summed E-state index contributed by atoms with van der Waals surface area (Å²) >= 11 is 6.30. The first-order valence-electron chi connectivity index (χ1n) is 12.2. The van der Waals surface area contributed by atoms with Gasteiger partial charge in [0, 0.05) is 29.2 Å². The van der Waals surface area contributed by atoms with E-state index in [2.05, 4.69) is 10.6 Å². The molecule has 10 nitrogen and oxygen atoms in total. The van der Waals surface area contributed by atoms with Crippen LogP contribution in [-0.4, -0.2) is 39.9 Å². The first-order chi connectivity index (χ1) is 18.6. The molecule has 0 radical (unpaired) electrons. The summed E-state index contributed by atoms with van der Waals surface area (Å²) in [6.07, 6.45) is 0.179. The van der Waals surface area contributed by atoms with Gasteiger partial charge in [0.1, 0.15) is 11.3 Å². The summed E-state index contributed by atoms with van der Waals surface area (Å²) in [5, 5.41) is 26.3. The molecule has 3 aliphatic heterocycles. The Morgan fingerprint density at radius 1 is 1.00 bits per heavy atom. The Kier molecular flexibility index (Phi) is 5.63. The van der Waals surface area contributed by atoms with E-state index in [0.717, 1.165) is 4.90 Å². The van der Waals surface area contributed by atoms with Crippen LogP contribution in [0.4, 0.5) is 11.4 Å². The van der Waals surface area contributed by atoms with Gasteiger partial charge in [-0.05, 0) is 66.6 Å². The maximum Gasteiger partial charge on any atom is 0.308 e. The zero-order valence-corrected chi connectivity index (χ0v) is 21.2. The Bertz CT molecular complexity index is 1570. The number of rotatable bonds is 4. The fourth-order valence-corrected chi connectivity index (χ4v) is 6.15. The second kappa shape index (κ2) is 8.82. The third-order valence-corrected chi connectivity index (χ3v) is 7.76. The molecule has 2 fully saturated rings. The average molecular weight is 548 g/mol. The number of phenols is 2. The van der Waals surface area contributed by atoms with Crippen molar-refractivity contribution in [3.63, 3.8) is 0 Å². The number of phenolic OH excluding ortho intramolecular Hbond substituents is 2. The summed E-state index contributed by atoms with van der Waals surface area (Å²) in [5.41, 5.74) is 0.263. The number of benzene rings is 3. The predicted molar refractivity (Wildman–Crippen MR) is 139 cm³/mol. The quantitative estimate of drug-likeness (QED) is 0.169. The summed E-state index contributed by atoms with van der Waals surface area (Å²) in [6.45, 7) is 1.26. The molecular formula is C28H22ClN3O7. The van der Waals surface area contributed by atoms with E-state index in [1.165, 1.54) is 43.3 Å². The van der Waals surface area contributed by atoms with Gasteiger partial charge < -0.3 is 20.3 Å². The van der Waals surface area contributed by atoms with Crippen LogP contribution in [0.15, 0.2) is 60.7 Å². The molecule has 3 aromatic rings. The van der Waals surface area contributed by atoms with Gasteiger partial charge in [-0.1, -0.05) is 17.7 Å². The van der Waals surface area contributed by atoms with Gasteiger partial charge in [-0.25, -0.2) is 4.90 Å². The van der Waals surface area contributed by atoms with E-state index in [4.69, 9.17) is 16.3 Å². The number of aromatic hydroxyl groups is 2. The number of esters is 1. The van der Waals surface area contributed by atoms with Crippen LogP contribution in [0, 0.1) is 11.8 Å². The number of amides is 3. The third-order valence-electron chi connectivity index (χ3n) is 7.53. The summed E-state index contributed by atoms with van der Waals surface area (Å²) in [5.74, 6) is -4.41. The van der Waals surface area contributed by atoms with Crippen molar-refractivity contribution in [2.45, 2.75) is 24.9 Å². The van der Waals surface area contributed by atoms with Gasteiger partial charge in [0.15, 0.2) is 11.5 Å². The van der Waals surface area contributed by atoms with Crippen molar-refractivity contribution in [1.29, 1.82) is 0 Å². The maximum atomic E-state index is 14.1. The Morgan fingerprint density at radius 3 is 2.44 bits per heavy atom. The van der Waals surface area contributed by atoms with E-state index in [1.807, 2.05) is 0 Å². The minimum absolute atomic E-state index is 0.179. The van der Waals surface area contributed by atoms with Gasteiger partial charge in [0.25, 0.3) is 0 Å². The summed E-state index contributed by atoms with van der Waals surface area (Å²) < 4.78 is 5.06. The zero-order chi connectivity index (χ0) is 27.6. The van der Waals surface area contributed by atoms with Gasteiger partial charge in [-0.2, -0.15) is 0 Å². The Labute approximate surface area is 227 Å². The lowest BCUT2D eigenvalue weighted by molar-refractivity contribution is -0.132. The summed E-state index contributed by atoms with van der Waals surface area (Å²) in [7, 11) is 0. The highest BCUT2D eigenvalue weighted by Gasteiger charge is 2.70. The van der Waals surface area contributed by atoms with Crippen LogP contribution in [0.5, 0.6) is 17.2 Å². The van der Waals surface area contributed by atoms with Crippen LogP contribution in [0.2, 0.25) is 5.02 Å². The van der Waals surface area contributed by atoms with E-state index < -0.39 is 47.1 Å². The number of hydrogen-bond acceptors (Lipinski definition) is 8. The molecule has 6 rings (SSSR count). The minimum atomic E-state index is -1.56. The molecule has 0 bridgehead atoms. The normalized spacial score (nSPS) is 25.1. The molecule has 0 saturated carbocycles. The van der Waals surface area contributed by atoms with E-state index in [0.29, 0.717) is 21.8 Å². The summed E-state index contributed by atoms with van der Waals surface area (Å²) in [4.78, 5) is 54.0. The van der Waals surface area contributed by atoms with E-state index in [-0.39, 0.29) is 29.4 Å². The molecule has 4 N–H and O–H groups in total. The highest BCUT2D eigenvalue weighted by atomic mass is 35.5. The highest BCUT2D eigenvalue weighted by Crippen LogP contribution is 2.54. The molecule has 3 aromatic carbocycles. The number of nitrogens with one attached hydrogen (secondary N) is 2. The van der Waals surface area contributed by atoms with Crippen LogP contribution >= 0.6 is 11.6 Å². The number of nitrogens with zero attached hydrogens (tertiary/aromatic N) is 1. The smallest absolute Gasteiger partial charge is 0.308 e. The molecule has 39 heavy (non-hydrogen) atoms. The van der Waals surface area contributed by atoms with Crippen LogP contribution in [-0.2, 0) is 31.1 Å². The largest absolute Gasteiger partial charge is 0.504 e. The second-order valence-electron chi connectivity index (χ2n) is 9.83. The van der Waals surface area contributed by atoms with Gasteiger partial charge in [-0.15, -0.1) is 0 Å². The number of imide groups is 1. The van der Waals surface area contributed by atoms with E-state index in [9.17, 15) is 29.4 Å². The van der Waals surface area contributed by atoms with Crippen LogP contribution in [0.25, 0.3) is 0 Å². The maximum absolute atomic E-state index is 14.1. The topological polar surface area (TPSA) is 145 Å². The molecule has 2 unspecified atom stereocenters. The van der Waals surface area contributed by atoms with Crippen molar-refractivity contribution in [2.24, 2.45) is 11.8 Å². The highest BCUT2D eigenvalue weighted by molar-refractivity contribution is 6.31. The average Bonchev–Trinajstić information content (AvgIpc) is 3.46. The van der Waals surface area contributed by atoms with Crippen molar-refractivity contribution in [3.05, 3.63) is 76.8 Å². The fourth-order valence-electron chi connectivity index (χ4n) is 5.98. The van der Waals surface area contributed by atoms with E-state index in [1.54, 1.807) is 24.3 Å². The Balaban J connectivity index is 1.45. The second-order valence-corrected chi connectivity index (χ2v) is 10.3. The van der Waals surface area contributed by atoms with Crippen LogP contribution < -0.4 is 20.3 Å². The lowest BCUT2D eigenvalue weighted by atomic mass is 9.76. The van der Waals surface area contributed by atoms with Crippen LogP contribution in [0.3, 0.4) is 0 Å². The van der Waals surface area contributed by atoms with Crippen molar-refractivity contribution in [1.82, 2.24) is 5.32 Å². The molecule has 2 saturated heterocycles. The third kappa shape index (κ3) is 3.75. The standard InChI is InChI=1S/C28H22ClN3O7/c1-13(33)39-17-6-4-16(5-7-17)32-25(36)23-20(10-14-2-9-21(34)22(35)11-14)31-28(24(23)26(32)37)18-12-15(29)3-8-19(18)30-27(28)38/h2-9,11-12,20,23-24,31,34-35H,10H2,1H3,(H,30,38)/t20?,23-,24+,28?/m1/s1. The first kappa shape index (κ1) is 24.9. The van der Waals surface area contributed by atoms with Gasteiger partial charge in [0.05, 0.1) is 17.5 Å². The number of halogens is 1. The molecule has 0 aliphatic carbocycles. The molecule has 3 amide bonds. The predicted octanol–water partition coefficient (Wildman–Crippen LogP) is 2.84.